The molecule has 0 radical (unpaired) electrons. The van der Waals surface area contributed by atoms with Gasteiger partial charge in [-0.3, -0.25) is 19.2 Å². The second kappa shape index (κ2) is 19.0. The highest BCUT2D eigenvalue weighted by molar-refractivity contribution is 8.00. The van der Waals surface area contributed by atoms with Crippen molar-refractivity contribution in [2.45, 2.75) is 112 Å². The topological polar surface area (TPSA) is 163 Å². The van der Waals surface area contributed by atoms with Gasteiger partial charge in [0.1, 0.15) is 23.9 Å². The number of fused-ring (bicyclic) bond motifs is 2. The Hall–Kier alpha value is -3.57. The Morgan fingerprint density at radius 3 is 2.00 bits per heavy atom. The van der Waals surface area contributed by atoms with Gasteiger partial charge in [0, 0.05) is 30.6 Å². The number of rotatable bonds is 13. The summed E-state index contributed by atoms with van der Waals surface area (Å²) in [4.78, 5) is 84.2. The molecule has 0 aliphatic carbocycles. The zero-order valence-electron chi connectivity index (χ0n) is 30.0. The van der Waals surface area contributed by atoms with Crippen molar-refractivity contribution in [1.82, 2.24) is 15.1 Å². The molecule has 1 aromatic carbocycles. The van der Waals surface area contributed by atoms with E-state index in [0.717, 1.165) is 31.2 Å². The number of amides is 3. The van der Waals surface area contributed by atoms with Crippen LogP contribution in [0.1, 0.15) is 82.6 Å². The van der Waals surface area contributed by atoms with E-state index in [-0.39, 0.29) is 53.5 Å². The average Bonchev–Trinajstić information content (AvgIpc) is 3.42. The first-order valence-corrected chi connectivity index (χ1v) is 20.5. The van der Waals surface area contributed by atoms with Crippen molar-refractivity contribution < 1.29 is 38.2 Å². The Labute approximate surface area is 314 Å². The van der Waals surface area contributed by atoms with E-state index >= 15 is 0 Å². The molecule has 12 nitrogen and oxygen atoms in total. The Morgan fingerprint density at radius 1 is 0.827 bits per heavy atom. The lowest BCUT2D eigenvalue weighted by Crippen LogP contribution is -2.57. The maximum atomic E-state index is 14.1. The Balaban J connectivity index is 1.29. The number of hydrogen-bond acceptors (Lipinski definition) is 11. The molecule has 0 unspecified atom stereocenters. The van der Waals surface area contributed by atoms with Gasteiger partial charge in [0.2, 0.25) is 17.7 Å². The van der Waals surface area contributed by atoms with Crippen LogP contribution in [0, 0.1) is 29.1 Å². The molecule has 4 aliphatic heterocycles. The van der Waals surface area contributed by atoms with E-state index in [0.29, 0.717) is 50.0 Å². The van der Waals surface area contributed by atoms with E-state index in [1.165, 1.54) is 14.2 Å². The minimum absolute atomic E-state index is 0.0367. The van der Waals surface area contributed by atoms with Crippen LogP contribution in [0.2, 0.25) is 0 Å². The molecule has 3 amide bonds. The molecule has 0 aromatic heterocycles. The van der Waals surface area contributed by atoms with Crippen LogP contribution in [0.4, 0.5) is 0 Å². The number of ether oxygens (including phenoxy) is 2. The quantitative estimate of drug-likeness (QED) is 0.287. The van der Waals surface area contributed by atoms with Gasteiger partial charge in [0.05, 0.1) is 31.0 Å². The molecule has 52 heavy (non-hydrogen) atoms. The van der Waals surface area contributed by atoms with Crippen molar-refractivity contribution in [2.24, 2.45) is 17.8 Å². The first-order valence-electron chi connectivity index (χ1n) is 18.4. The molecule has 4 aliphatic rings. The molecule has 14 heteroatoms. The number of hydrogen-bond donors (Lipinski definition) is 1. The summed E-state index contributed by atoms with van der Waals surface area (Å²) < 4.78 is 10.0. The van der Waals surface area contributed by atoms with Crippen LogP contribution in [0.3, 0.4) is 0 Å². The van der Waals surface area contributed by atoms with Crippen molar-refractivity contribution in [3.05, 3.63) is 35.9 Å². The monoisotopic (exact) mass is 754 g/mol. The molecule has 1 N–H and O–H groups in total. The molecular weight excluding hydrogens is 705 g/mol. The molecule has 5 rings (SSSR count). The average molecular weight is 755 g/mol. The fraction of sp³-hybridized carbons (Fsp3) is 0.658. The van der Waals surface area contributed by atoms with Crippen LogP contribution >= 0.6 is 23.5 Å². The largest absolute Gasteiger partial charge is 0.467 e. The molecule has 4 heterocycles. The Morgan fingerprint density at radius 2 is 1.40 bits per heavy atom. The van der Waals surface area contributed by atoms with Crippen LogP contribution in [0.5, 0.6) is 0 Å². The number of carbonyl (C=O) groups excluding carboxylic acids is 6. The summed E-state index contributed by atoms with van der Waals surface area (Å²) in [6, 6.07) is 9.50. The lowest BCUT2D eigenvalue weighted by Gasteiger charge is -2.40. The summed E-state index contributed by atoms with van der Waals surface area (Å²) in [6.07, 6.45) is 5.96. The van der Waals surface area contributed by atoms with Crippen LogP contribution in [-0.2, 0) is 44.7 Å². The van der Waals surface area contributed by atoms with Gasteiger partial charge in [-0.15, -0.1) is 23.5 Å². The van der Waals surface area contributed by atoms with E-state index in [9.17, 15) is 34.0 Å². The third kappa shape index (κ3) is 9.50. The van der Waals surface area contributed by atoms with Crippen molar-refractivity contribution >= 4 is 59.0 Å². The van der Waals surface area contributed by atoms with Gasteiger partial charge in [-0.25, -0.2) is 9.59 Å². The normalized spacial score (nSPS) is 27.4. The minimum Gasteiger partial charge on any atom is -0.467 e. The summed E-state index contributed by atoms with van der Waals surface area (Å²) >= 11 is 3.25. The van der Waals surface area contributed by atoms with E-state index in [1.807, 2.05) is 30.3 Å². The van der Waals surface area contributed by atoms with E-state index in [2.05, 4.69) is 11.4 Å². The molecule has 0 spiro atoms. The molecule has 282 valence electrons. The summed E-state index contributed by atoms with van der Waals surface area (Å²) in [5.74, 6) is -2.48. The lowest BCUT2D eigenvalue weighted by atomic mass is 9.83. The number of methoxy groups -OCH3 is 2. The number of esters is 2. The van der Waals surface area contributed by atoms with Crippen LogP contribution in [-0.4, -0.2) is 99.8 Å². The zero-order chi connectivity index (χ0) is 37.2. The standard InChI is InChI=1S/C38H50N4O8S2/c1-49-37(47)29-10-6-12-32-41(29)35(45)27(17-20-51-32)23-31(43)25(16-19-39)14-15-26(22-24-8-4-3-5-9-24)34(44)40-28-18-21-52-33-13-7-11-30(38(48)50-2)42(33)36(28)46/h3-5,8-9,25-30,32-33H,6-7,10-18,20-23H2,1-2H3,(H,40,44)/t25-,26-,27-,28+,29+,30+,32+,33+/m1/s1. The van der Waals surface area contributed by atoms with Crippen LogP contribution in [0.15, 0.2) is 30.3 Å². The van der Waals surface area contributed by atoms with E-state index in [4.69, 9.17) is 9.47 Å². The summed E-state index contributed by atoms with van der Waals surface area (Å²) in [6.45, 7) is 0. The number of ketones is 1. The van der Waals surface area contributed by atoms with Crippen molar-refractivity contribution in [2.75, 3.05) is 25.7 Å². The molecule has 0 saturated carbocycles. The molecule has 4 saturated heterocycles. The number of thioether (sulfide) groups is 2. The predicted molar refractivity (Wildman–Crippen MR) is 196 cm³/mol. The molecular formula is C38H50N4O8S2. The van der Waals surface area contributed by atoms with Gasteiger partial charge in [-0.1, -0.05) is 30.3 Å². The zero-order valence-corrected chi connectivity index (χ0v) is 31.7. The van der Waals surface area contributed by atoms with Crippen molar-refractivity contribution in [3.8, 4) is 6.07 Å². The molecule has 0 bridgehead atoms. The molecule has 1 aromatic rings. The number of nitriles is 1. The maximum absolute atomic E-state index is 14.1. The van der Waals surface area contributed by atoms with Crippen LogP contribution in [0.25, 0.3) is 0 Å². The third-order valence-corrected chi connectivity index (χ3v) is 13.5. The highest BCUT2D eigenvalue weighted by Crippen LogP contribution is 2.38. The lowest BCUT2D eigenvalue weighted by molar-refractivity contribution is -0.157. The number of nitrogens with one attached hydrogen (secondary N) is 1. The minimum atomic E-state index is -0.809. The van der Waals surface area contributed by atoms with Gasteiger partial charge in [0.15, 0.2) is 0 Å². The highest BCUT2D eigenvalue weighted by Gasteiger charge is 2.45. The van der Waals surface area contributed by atoms with Crippen molar-refractivity contribution in [3.63, 3.8) is 0 Å². The van der Waals surface area contributed by atoms with E-state index < -0.39 is 47.8 Å². The van der Waals surface area contributed by atoms with Crippen LogP contribution < -0.4 is 5.32 Å². The predicted octanol–water partition coefficient (Wildman–Crippen LogP) is 4.25. The fourth-order valence-electron chi connectivity index (χ4n) is 8.02. The third-order valence-electron chi connectivity index (χ3n) is 10.9. The number of carbonyl (C=O) groups is 6. The molecule has 8 atom stereocenters. The number of nitrogens with zero attached hydrogens (tertiary/aromatic N) is 3. The first-order chi connectivity index (χ1) is 25.2. The van der Waals surface area contributed by atoms with Gasteiger partial charge < -0.3 is 24.6 Å². The SMILES string of the molecule is COC(=O)[C@@H]1CCC[C@@H]2SCC[C@H](CC(=O)[C@@H](CC#N)CC[C@H](Cc3ccccc3)C(=O)N[C@H]3CCS[C@H]4CCC[C@@H](C(=O)OC)N4C3=O)C(=O)N21. The number of benzene rings is 1. The highest BCUT2D eigenvalue weighted by atomic mass is 32.2. The second-order valence-corrected chi connectivity index (χ2v) is 16.7. The summed E-state index contributed by atoms with van der Waals surface area (Å²) in [7, 11) is 2.63. The van der Waals surface area contributed by atoms with E-state index in [1.54, 1.807) is 33.3 Å². The Kier molecular flexibility index (Phi) is 14.5. The smallest absolute Gasteiger partial charge is 0.328 e. The van der Waals surface area contributed by atoms with Gasteiger partial charge in [-0.2, -0.15) is 5.26 Å². The van der Waals surface area contributed by atoms with Gasteiger partial charge in [0.25, 0.3) is 0 Å². The Bertz CT molecular complexity index is 1510. The summed E-state index contributed by atoms with van der Waals surface area (Å²) in [5, 5.41) is 12.5. The summed E-state index contributed by atoms with van der Waals surface area (Å²) in [5.41, 5.74) is 0.924. The molecule has 4 fully saturated rings. The van der Waals surface area contributed by atoms with Crippen molar-refractivity contribution in [1.29, 1.82) is 5.26 Å². The van der Waals surface area contributed by atoms with Gasteiger partial charge >= 0.3 is 11.9 Å². The second-order valence-electron chi connectivity index (χ2n) is 14.1. The first kappa shape index (κ1) is 39.6. The van der Waals surface area contributed by atoms with Gasteiger partial charge in [-0.05, 0) is 87.7 Å². The maximum Gasteiger partial charge on any atom is 0.328 e. The number of Topliss-reactive ketones (excluding diaryl/α,β-unsaturated/α-hetero) is 1. The number of piperidine rings is 2. The fourth-order valence-corrected chi connectivity index (χ4v) is 10.9.